The molecule has 1 aromatic rings. The molecular formula is C18H30N6O6. The summed E-state index contributed by atoms with van der Waals surface area (Å²) >= 11 is 0. The van der Waals surface area contributed by atoms with E-state index in [-0.39, 0.29) is 12.3 Å². The Morgan fingerprint density at radius 1 is 1.07 bits per heavy atom. The molecule has 0 saturated carbocycles. The van der Waals surface area contributed by atoms with E-state index in [4.69, 9.17) is 10.8 Å². The molecule has 0 aliphatic carbocycles. The van der Waals surface area contributed by atoms with Gasteiger partial charge in [-0.1, -0.05) is 13.8 Å². The van der Waals surface area contributed by atoms with Crippen molar-refractivity contribution in [3.05, 3.63) is 18.2 Å². The zero-order chi connectivity index (χ0) is 23.0. The Kier molecular flexibility index (Phi) is 9.40. The van der Waals surface area contributed by atoms with E-state index in [0.29, 0.717) is 5.69 Å². The second kappa shape index (κ2) is 11.3. The largest absolute Gasteiger partial charge is 0.480 e. The van der Waals surface area contributed by atoms with Crippen LogP contribution in [0.5, 0.6) is 0 Å². The third-order valence-corrected chi connectivity index (χ3v) is 4.41. The van der Waals surface area contributed by atoms with Gasteiger partial charge < -0.3 is 36.9 Å². The third-order valence-electron chi connectivity index (χ3n) is 4.41. The lowest BCUT2D eigenvalue weighted by Crippen LogP contribution is -2.59. The number of aliphatic hydroxyl groups is 1. The Bertz CT molecular complexity index is 736. The highest BCUT2D eigenvalue weighted by atomic mass is 16.4. The van der Waals surface area contributed by atoms with E-state index in [1.807, 2.05) is 0 Å². The fourth-order valence-corrected chi connectivity index (χ4v) is 2.47. The number of nitrogens with zero attached hydrogens (tertiary/aromatic N) is 1. The van der Waals surface area contributed by atoms with Crippen molar-refractivity contribution in [3.8, 4) is 0 Å². The van der Waals surface area contributed by atoms with E-state index < -0.39 is 54.0 Å². The van der Waals surface area contributed by atoms with Gasteiger partial charge >= 0.3 is 5.97 Å². The van der Waals surface area contributed by atoms with E-state index in [2.05, 4.69) is 25.9 Å². The normalized spacial score (nSPS) is 16.1. The molecule has 3 amide bonds. The van der Waals surface area contributed by atoms with Crippen LogP contribution in [0, 0.1) is 5.92 Å². The van der Waals surface area contributed by atoms with Crippen LogP contribution in [-0.2, 0) is 25.6 Å². The molecule has 0 fully saturated rings. The highest BCUT2D eigenvalue weighted by molar-refractivity contribution is 5.94. The Hall–Kier alpha value is -2.99. The number of rotatable bonds is 11. The molecule has 1 heterocycles. The second-order valence-electron chi connectivity index (χ2n) is 7.41. The molecule has 1 aromatic heterocycles. The molecule has 5 atom stereocenters. The van der Waals surface area contributed by atoms with Gasteiger partial charge in [0, 0.05) is 18.3 Å². The van der Waals surface area contributed by atoms with Crippen LogP contribution in [0.25, 0.3) is 0 Å². The van der Waals surface area contributed by atoms with Gasteiger partial charge in [0.2, 0.25) is 17.7 Å². The number of carbonyl (C=O) groups is 4. The van der Waals surface area contributed by atoms with E-state index in [9.17, 15) is 24.3 Å². The van der Waals surface area contributed by atoms with Crippen LogP contribution >= 0.6 is 0 Å². The monoisotopic (exact) mass is 426 g/mol. The lowest BCUT2D eigenvalue weighted by Gasteiger charge is -2.26. The van der Waals surface area contributed by atoms with E-state index in [1.165, 1.54) is 26.4 Å². The summed E-state index contributed by atoms with van der Waals surface area (Å²) in [6.45, 7) is 6.01. The number of carboxylic acids is 1. The van der Waals surface area contributed by atoms with Crippen molar-refractivity contribution >= 4 is 23.7 Å². The van der Waals surface area contributed by atoms with Gasteiger partial charge in [0.05, 0.1) is 12.4 Å². The van der Waals surface area contributed by atoms with Gasteiger partial charge in [-0.05, 0) is 19.8 Å². The first-order chi connectivity index (χ1) is 13.9. The molecule has 168 valence electrons. The maximum Gasteiger partial charge on any atom is 0.325 e. The molecule has 12 heteroatoms. The number of carboxylic acid groups (broad SMARTS) is 1. The fraction of sp³-hybridized carbons (Fsp3) is 0.611. The Balaban J connectivity index is 2.98. The molecule has 12 nitrogen and oxygen atoms in total. The van der Waals surface area contributed by atoms with Crippen LogP contribution in [0.15, 0.2) is 12.5 Å². The van der Waals surface area contributed by atoms with Crippen molar-refractivity contribution in [2.45, 2.75) is 64.4 Å². The summed E-state index contributed by atoms with van der Waals surface area (Å²) in [6, 6.07) is -4.54. The Morgan fingerprint density at radius 3 is 2.17 bits per heavy atom. The van der Waals surface area contributed by atoms with Crippen LogP contribution in [0.1, 0.15) is 33.4 Å². The number of aliphatic carboxylic acids is 1. The van der Waals surface area contributed by atoms with Crippen LogP contribution in [-0.4, -0.2) is 74.1 Å². The van der Waals surface area contributed by atoms with Crippen molar-refractivity contribution in [1.29, 1.82) is 0 Å². The van der Waals surface area contributed by atoms with Crippen molar-refractivity contribution in [2.75, 3.05) is 0 Å². The number of aromatic nitrogens is 2. The number of aromatic amines is 1. The minimum Gasteiger partial charge on any atom is -0.480 e. The lowest BCUT2D eigenvalue weighted by atomic mass is 10.0. The third kappa shape index (κ3) is 7.44. The first-order valence-electron chi connectivity index (χ1n) is 9.48. The molecule has 1 rings (SSSR count). The van der Waals surface area contributed by atoms with Crippen molar-refractivity contribution in [2.24, 2.45) is 11.7 Å². The molecule has 8 N–H and O–H groups in total. The number of nitrogens with two attached hydrogens (primary N) is 1. The predicted molar refractivity (Wildman–Crippen MR) is 106 cm³/mol. The molecule has 5 unspecified atom stereocenters. The number of aliphatic hydroxyl groups excluding tert-OH is 1. The summed E-state index contributed by atoms with van der Waals surface area (Å²) in [5, 5.41) is 25.8. The Morgan fingerprint density at radius 2 is 1.70 bits per heavy atom. The van der Waals surface area contributed by atoms with Crippen LogP contribution < -0.4 is 21.7 Å². The van der Waals surface area contributed by atoms with Gasteiger partial charge in [-0.25, -0.2) is 4.98 Å². The van der Waals surface area contributed by atoms with E-state index >= 15 is 0 Å². The van der Waals surface area contributed by atoms with Crippen molar-refractivity contribution < 1.29 is 29.4 Å². The lowest BCUT2D eigenvalue weighted by molar-refractivity contribution is -0.142. The zero-order valence-electron chi connectivity index (χ0n) is 17.4. The second-order valence-corrected chi connectivity index (χ2v) is 7.41. The predicted octanol–water partition coefficient (Wildman–Crippen LogP) is -2.12. The van der Waals surface area contributed by atoms with E-state index in [1.54, 1.807) is 13.8 Å². The molecule has 0 saturated heterocycles. The summed E-state index contributed by atoms with van der Waals surface area (Å²) in [7, 11) is 0. The quantitative estimate of drug-likeness (QED) is 0.208. The summed E-state index contributed by atoms with van der Waals surface area (Å²) in [6.07, 6.45) is 1.78. The minimum absolute atomic E-state index is 0.0298. The van der Waals surface area contributed by atoms with E-state index in [0.717, 1.165) is 0 Å². The average Bonchev–Trinajstić information content (AvgIpc) is 3.16. The van der Waals surface area contributed by atoms with Gasteiger partial charge in [0.1, 0.15) is 24.2 Å². The number of H-pyrrole nitrogens is 1. The highest BCUT2D eigenvalue weighted by Crippen LogP contribution is 2.06. The summed E-state index contributed by atoms with van der Waals surface area (Å²) in [4.78, 5) is 55.2. The summed E-state index contributed by atoms with van der Waals surface area (Å²) in [5.74, 6) is -3.66. The van der Waals surface area contributed by atoms with Crippen molar-refractivity contribution in [1.82, 2.24) is 25.9 Å². The molecule has 0 aliphatic rings. The molecule has 0 aliphatic heterocycles. The first-order valence-corrected chi connectivity index (χ1v) is 9.48. The Labute approximate surface area is 174 Å². The first kappa shape index (κ1) is 25.0. The number of carbonyl (C=O) groups excluding carboxylic acids is 3. The maximum atomic E-state index is 12.9. The standard InChI is InChI=1S/C18H30N6O6/c1-8(2)14(17(28)22-9(3)18(29)30)24-15(26)12(5-11-6-20-7-21-11)23-16(27)13(19)10(4)25/h6-10,12-14,25H,5,19H2,1-4H3,(H,20,21)(H,22,28)(H,23,27)(H,24,26)(H,29,30). The van der Waals surface area contributed by atoms with Gasteiger partial charge in [-0.15, -0.1) is 0 Å². The smallest absolute Gasteiger partial charge is 0.325 e. The van der Waals surface area contributed by atoms with Gasteiger partial charge in [-0.3, -0.25) is 19.2 Å². The van der Waals surface area contributed by atoms with Gasteiger partial charge in [-0.2, -0.15) is 0 Å². The average molecular weight is 426 g/mol. The zero-order valence-corrected chi connectivity index (χ0v) is 17.4. The van der Waals surface area contributed by atoms with Gasteiger partial charge in [0.15, 0.2) is 0 Å². The fourth-order valence-electron chi connectivity index (χ4n) is 2.47. The molecular weight excluding hydrogens is 396 g/mol. The number of hydrogen-bond donors (Lipinski definition) is 7. The molecule has 0 radical (unpaired) electrons. The van der Waals surface area contributed by atoms with Crippen LogP contribution in [0.4, 0.5) is 0 Å². The molecule has 0 spiro atoms. The molecule has 0 aromatic carbocycles. The maximum absolute atomic E-state index is 12.9. The number of hydrogen-bond acceptors (Lipinski definition) is 7. The number of nitrogens with one attached hydrogen (secondary N) is 4. The summed E-state index contributed by atoms with van der Waals surface area (Å²) < 4.78 is 0. The molecule has 30 heavy (non-hydrogen) atoms. The highest BCUT2D eigenvalue weighted by Gasteiger charge is 2.31. The molecule has 0 bridgehead atoms. The SMILES string of the molecule is CC(NC(=O)C(NC(=O)C(Cc1cnc[nH]1)NC(=O)C(N)C(C)O)C(C)C)C(=O)O. The number of amides is 3. The van der Waals surface area contributed by atoms with Crippen LogP contribution in [0.2, 0.25) is 0 Å². The van der Waals surface area contributed by atoms with Gasteiger partial charge in [0.25, 0.3) is 0 Å². The number of imidazole rings is 1. The minimum atomic E-state index is -1.25. The topological polar surface area (TPSA) is 200 Å². The summed E-state index contributed by atoms with van der Waals surface area (Å²) in [5.41, 5.74) is 6.18. The van der Waals surface area contributed by atoms with Crippen molar-refractivity contribution in [3.63, 3.8) is 0 Å². The van der Waals surface area contributed by atoms with Crippen LogP contribution in [0.3, 0.4) is 0 Å².